The average molecular weight is 411 g/mol. The number of likely N-dealkylation sites (N-methyl/N-ethyl adjacent to an activating group) is 1. The fourth-order valence-electron chi connectivity index (χ4n) is 2.13. The Bertz CT molecular complexity index is 421. The largest absolute Gasteiger partial charge is 0.370 e. The van der Waals surface area contributed by atoms with E-state index in [0.717, 1.165) is 23.7 Å². The Morgan fingerprint density at radius 2 is 1.95 bits per heavy atom. The number of guanidine groups is 1. The lowest BCUT2D eigenvalue weighted by molar-refractivity contribution is 0.219. The van der Waals surface area contributed by atoms with E-state index in [2.05, 4.69) is 35.1 Å². The van der Waals surface area contributed by atoms with E-state index in [9.17, 15) is 0 Å². The second kappa shape index (κ2) is 10.2. The van der Waals surface area contributed by atoms with Gasteiger partial charge in [-0.15, -0.1) is 24.0 Å². The summed E-state index contributed by atoms with van der Waals surface area (Å²) in [7, 11) is 1.67. The zero-order valence-corrected chi connectivity index (χ0v) is 15.4. The number of hydrogen-bond acceptors (Lipinski definition) is 2. The third kappa shape index (κ3) is 5.46. The predicted molar refractivity (Wildman–Crippen MR) is 98.1 cm³/mol. The second-order valence-corrected chi connectivity index (χ2v) is 4.66. The molecule has 0 saturated carbocycles. The minimum atomic E-state index is 0. The number of nitrogens with two attached hydrogens (primary N) is 1. The number of halogens is 2. The van der Waals surface area contributed by atoms with Gasteiger partial charge in [0.05, 0.1) is 6.04 Å². The number of aliphatic imine (C=N–C) groups is 1. The molecule has 0 aliphatic heterocycles. The molecule has 1 unspecified atom stereocenters. The summed E-state index contributed by atoms with van der Waals surface area (Å²) >= 11 is 6.31. The van der Waals surface area contributed by atoms with Crippen molar-refractivity contribution in [1.29, 1.82) is 0 Å². The first-order chi connectivity index (χ1) is 9.13. The summed E-state index contributed by atoms with van der Waals surface area (Å²) in [6.45, 7) is 6.89. The van der Waals surface area contributed by atoms with E-state index in [1.165, 1.54) is 0 Å². The lowest BCUT2D eigenvalue weighted by atomic mass is 10.0. The molecule has 1 rings (SSSR count). The first-order valence-electron chi connectivity index (χ1n) is 6.58. The molecule has 0 spiro atoms. The van der Waals surface area contributed by atoms with Crippen LogP contribution < -0.4 is 11.1 Å². The molecule has 3 N–H and O–H groups in total. The van der Waals surface area contributed by atoms with E-state index in [1.807, 2.05) is 18.2 Å². The van der Waals surface area contributed by atoms with Crippen molar-refractivity contribution in [2.75, 3.05) is 26.7 Å². The third-order valence-corrected chi connectivity index (χ3v) is 3.58. The Labute approximate surface area is 143 Å². The van der Waals surface area contributed by atoms with Crippen LogP contribution in [0.3, 0.4) is 0 Å². The molecule has 0 aliphatic carbocycles. The molecule has 0 heterocycles. The molecule has 0 aliphatic rings. The molecule has 0 amide bonds. The molecule has 1 aromatic carbocycles. The molecular weight excluding hydrogens is 387 g/mol. The van der Waals surface area contributed by atoms with Gasteiger partial charge in [0.15, 0.2) is 5.96 Å². The number of nitrogens with one attached hydrogen (secondary N) is 1. The topological polar surface area (TPSA) is 53.6 Å². The van der Waals surface area contributed by atoms with Crippen LogP contribution in [-0.4, -0.2) is 37.5 Å². The summed E-state index contributed by atoms with van der Waals surface area (Å²) < 4.78 is 0. The van der Waals surface area contributed by atoms with Crippen molar-refractivity contribution in [2.45, 2.75) is 19.9 Å². The number of benzene rings is 1. The first-order valence-corrected chi connectivity index (χ1v) is 6.96. The third-order valence-electron chi connectivity index (χ3n) is 3.23. The van der Waals surface area contributed by atoms with Gasteiger partial charge in [-0.2, -0.15) is 0 Å². The summed E-state index contributed by atoms with van der Waals surface area (Å²) in [5.41, 5.74) is 6.82. The van der Waals surface area contributed by atoms with Crippen LogP contribution in [0, 0.1) is 0 Å². The van der Waals surface area contributed by atoms with Crippen LogP contribution >= 0.6 is 35.6 Å². The minimum absolute atomic E-state index is 0. The van der Waals surface area contributed by atoms with E-state index in [1.54, 1.807) is 7.05 Å². The van der Waals surface area contributed by atoms with E-state index < -0.39 is 0 Å². The van der Waals surface area contributed by atoms with Gasteiger partial charge in [-0.25, -0.2) is 0 Å². The normalized spacial score (nSPS) is 12.9. The Morgan fingerprint density at radius 3 is 2.45 bits per heavy atom. The maximum absolute atomic E-state index is 6.31. The second-order valence-electron chi connectivity index (χ2n) is 4.25. The fourth-order valence-corrected chi connectivity index (χ4v) is 2.39. The summed E-state index contributed by atoms with van der Waals surface area (Å²) in [5.74, 6) is 0.448. The van der Waals surface area contributed by atoms with Gasteiger partial charge < -0.3 is 11.1 Å². The van der Waals surface area contributed by atoms with Crippen LogP contribution in [0.4, 0.5) is 0 Å². The van der Waals surface area contributed by atoms with Crippen LogP contribution in [0.25, 0.3) is 0 Å². The Morgan fingerprint density at radius 1 is 1.35 bits per heavy atom. The van der Waals surface area contributed by atoms with E-state index in [0.29, 0.717) is 12.5 Å². The molecule has 0 saturated heterocycles. The van der Waals surface area contributed by atoms with Gasteiger partial charge in [0.2, 0.25) is 0 Å². The number of hydrogen-bond donors (Lipinski definition) is 2. The highest BCUT2D eigenvalue weighted by molar-refractivity contribution is 14.0. The summed E-state index contributed by atoms with van der Waals surface area (Å²) in [6, 6.07) is 8.12. The first kappa shape index (κ1) is 19.5. The summed E-state index contributed by atoms with van der Waals surface area (Å²) in [5, 5.41) is 3.92. The zero-order chi connectivity index (χ0) is 14.3. The standard InChI is InChI=1S/C14H23ClN4.HI/c1-4-19(5-2)13(10-18-14(16)17-3)11-8-6-7-9-12(11)15;/h6-9,13H,4-5,10H2,1-3H3,(H3,16,17,18);1H. The monoisotopic (exact) mass is 410 g/mol. The van der Waals surface area contributed by atoms with E-state index in [4.69, 9.17) is 17.3 Å². The van der Waals surface area contributed by atoms with Gasteiger partial charge in [-0.1, -0.05) is 43.6 Å². The van der Waals surface area contributed by atoms with Crippen molar-refractivity contribution in [3.8, 4) is 0 Å². The van der Waals surface area contributed by atoms with Crippen LogP contribution in [0.2, 0.25) is 5.02 Å². The molecule has 20 heavy (non-hydrogen) atoms. The number of rotatable bonds is 6. The summed E-state index contributed by atoms with van der Waals surface area (Å²) in [6.07, 6.45) is 0. The maximum Gasteiger partial charge on any atom is 0.188 e. The Balaban J connectivity index is 0.00000361. The summed E-state index contributed by atoms with van der Waals surface area (Å²) in [4.78, 5) is 6.26. The van der Waals surface area contributed by atoms with E-state index >= 15 is 0 Å². The molecule has 0 aromatic heterocycles. The lowest BCUT2D eigenvalue weighted by Gasteiger charge is -2.31. The Hall–Kier alpha value is -0.530. The minimum Gasteiger partial charge on any atom is -0.370 e. The molecular formula is C14H24ClIN4. The smallest absolute Gasteiger partial charge is 0.188 e. The van der Waals surface area contributed by atoms with Crippen LogP contribution in [-0.2, 0) is 0 Å². The maximum atomic E-state index is 6.31. The van der Waals surface area contributed by atoms with Crippen LogP contribution in [0.1, 0.15) is 25.5 Å². The number of nitrogens with zero attached hydrogens (tertiary/aromatic N) is 2. The molecule has 4 nitrogen and oxygen atoms in total. The Kier molecular flexibility index (Phi) is 9.96. The van der Waals surface area contributed by atoms with Gasteiger partial charge in [-0.05, 0) is 24.7 Å². The van der Waals surface area contributed by atoms with Gasteiger partial charge >= 0.3 is 0 Å². The predicted octanol–water partition coefficient (Wildman–Crippen LogP) is 2.88. The molecule has 0 radical (unpaired) electrons. The van der Waals surface area contributed by atoms with Crippen LogP contribution in [0.5, 0.6) is 0 Å². The van der Waals surface area contributed by atoms with Gasteiger partial charge in [0.1, 0.15) is 0 Å². The van der Waals surface area contributed by atoms with Crippen LogP contribution in [0.15, 0.2) is 29.3 Å². The van der Waals surface area contributed by atoms with Crippen molar-refractivity contribution in [3.05, 3.63) is 34.9 Å². The molecule has 114 valence electrons. The molecule has 1 aromatic rings. The molecule has 0 fully saturated rings. The van der Waals surface area contributed by atoms with Crippen molar-refractivity contribution in [2.24, 2.45) is 10.7 Å². The van der Waals surface area contributed by atoms with E-state index in [-0.39, 0.29) is 30.0 Å². The highest BCUT2D eigenvalue weighted by atomic mass is 127. The van der Waals surface area contributed by atoms with Gasteiger partial charge in [-0.3, -0.25) is 9.89 Å². The average Bonchev–Trinajstić information content (AvgIpc) is 2.44. The molecule has 1 atom stereocenters. The zero-order valence-electron chi connectivity index (χ0n) is 12.3. The van der Waals surface area contributed by atoms with Crippen molar-refractivity contribution in [3.63, 3.8) is 0 Å². The molecule has 6 heteroatoms. The van der Waals surface area contributed by atoms with Gasteiger partial charge in [0.25, 0.3) is 0 Å². The van der Waals surface area contributed by atoms with Gasteiger partial charge in [0, 0.05) is 18.6 Å². The lowest BCUT2D eigenvalue weighted by Crippen LogP contribution is -2.40. The fraction of sp³-hybridized carbons (Fsp3) is 0.500. The SMILES string of the molecule is CCN(CC)C(CNC(N)=NC)c1ccccc1Cl.I. The highest BCUT2D eigenvalue weighted by Crippen LogP contribution is 2.26. The molecule has 0 bridgehead atoms. The highest BCUT2D eigenvalue weighted by Gasteiger charge is 2.20. The quantitative estimate of drug-likeness (QED) is 0.431. The van der Waals surface area contributed by atoms with Crippen molar-refractivity contribution < 1.29 is 0 Å². The van der Waals surface area contributed by atoms with Crippen molar-refractivity contribution >= 4 is 41.5 Å². The van der Waals surface area contributed by atoms with Crippen molar-refractivity contribution in [1.82, 2.24) is 10.2 Å².